The van der Waals surface area contributed by atoms with Gasteiger partial charge in [-0.25, -0.2) is 4.68 Å². The lowest BCUT2D eigenvalue weighted by Crippen LogP contribution is -2.15. The van der Waals surface area contributed by atoms with E-state index in [0.29, 0.717) is 5.92 Å². The minimum absolute atomic E-state index is 0.557. The van der Waals surface area contributed by atoms with E-state index in [9.17, 15) is 0 Å². The van der Waals surface area contributed by atoms with Gasteiger partial charge in [0.25, 0.3) is 0 Å². The lowest BCUT2D eigenvalue weighted by atomic mass is 10.0. The second-order valence-corrected chi connectivity index (χ2v) is 3.64. The number of ether oxygens (including phenoxy) is 1. The first-order chi connectivity index (χ1) is 6.33. The van der Waals surface area contributed by atoms with Crippen LogP contribution in [0.4, 0.5) is 0 Å². The van der Waals surface area contributed by atoms with E-state index in [4.69, 9.17) is 4.74 Å². The third-order valence-electron chi connectivity index (χ3n) is 2.71. The molecule has 3 nitrogen and oxygen atoms in total. The molecule has 0 N–H and O–H groups in total. The van der Waals surface area contributed by atoms with Crippen LogP contribution in [-0.4, -0.2) is 16.4 Å². The minimum atomic E-state index is 0.557. The number of nitrogens with zero attached hydrogens (tertiary/aromatic N) is 2. The molecule has 1 aliphatic heterocycles. The Morgan fingerprint density at radius 1 is 1.69 bits per heavy atom. The Bertz CT molecular complexity index is 293. The summed E-state index contributed by atoms with van der Waals surface area (Å²) in [5, 5.41) is 4.32. The number of hydrogen-bond donors (Lipinski definition) is 0. The van der Waals surface area contributed by atoms with Crippen LogP contribution in [0.5, 0.6) is 5.88 Å². The summed E-state index contributed by atoms with van der Waals surface area (Å²) in [7, 11) is 0. The fourth-order valence-corrected chi connectivity index (χ4v) is 1.65. The van der Waals surface area contributed by atoms with Crippen LogP contribution in [0.3, 0.4) is 0 Å². The first kappa shape index (κ1) is 8.60. The molecule has 0 aromatic carbocycles. The van der Waals surface area contributed by atoms with Crippen molar-refractivity contribution in [1.29, 1.82) is 0 Å². The van der Waals surface area contributed by atoms with Crippen molar-refractivity contribution in [3.63, 3.8) is 0 Å². The Labute approximate surface area is 78.7 Å². The molecule has 1 aromatic rings. The molecule has 3 heteroatoms. The van der Waals surface area contributed by atoms with Crippen molar-refractivity contribution < 1.29 is 4.74 Å². The average molecular weight is 180 g/mol. The van der Waals surface area contributed by atoms with E-state index in [0.717, 1.165) is 31.9 Å². The Hall–Kier alpha value is -0.990. The molecular weight excluding hydrogens is 164 g/mol. The van der Waals surface area contributed by atoms with Gasteiger partial charge in [-0.05, 0) is 12.3 Å². The normalized spacial score (nSPS) is 17.7. The highest BCUT2D eigenvalue weighted by molar-refractivity contribution is 5.28. The van der Waals surface area contributed by atoms with E-state index in [2.05, 4.69) is 18.9 Å². The summed E-state index contributed by atoms with van der Waals surface area (Å²) in [6.45, 7) is 6.26. The molecule has 0 radical (unpaired) electrons. The summed E-state index contributed by atoms with van der Waals surface area (Å²) in [4.78, 5) is 0. The molecule has 0 aliphatic carbocycles. The summed E-state index contributed by atoms with van der Waals surface area (Å²) in [6.07, 6.45) is 4.17. The SMILES string of the molecule is CCC(C)c1cnn2c1OCCC2. The zero-order valence-electron chi connectivity index (χ0n) is 8.29. The van der Waals surface area contributed by atoms with Gasteiger partial charge < -0.3 is 4.74 Å². The number of aromatic nitrogens is 2. The van der Waals surface area contributed by atoms with Crippen LogP contribution >= 0.6 is 0 Å². The highest BCUT2D eigenvalue weighted by Crippen LogP contribution is 2.30. The molecule has 0 fully saturated rings. The van der Waals surface area contributed by atoms with Crippen molar-refractivity contribution in [3.05, 3.63) is 11.8 Å². The molecule has 2 heterocycles. The highest BCUT2D eigenvalue weighted by atomic mass is 16.5. The van der Waals surface area contributed by atoms with Crippen LogP contribution in [0.2, 0.25) is 0 Å². The third-order valence-corrected chi connectivity index (χ3v) is 2.71. The monoisotopic (exact) mass is 180 g/mol. The smallest absolute Gasteiger partial charge is 0.215 e. The van der Waals surface area contributed by atoms with E-state index in [1.54, 1.807) is 0 Å². The van der Waals surface area contributed by atoms with Crippen molar-refractivity contribution in [2.75, 3.05) is 6.61 Å². The van der Waals surface area contributed by atoms with Gasteiger partial charge in [0.2, 0.25) is 5.88 Å². The summed E-state index contributed by atoms with van der Waals surface area (Å²) >= 11 is 0. The molecule has 1 aromatic heterocycles. The maximum absolute atomic E-state index is 5.62. The number of aryl methyl sites for hydroxylation is 1. The van der Waals surface area contributed by atoms with Crippen LogP contribution in [0, 0.1) is 0 Å². The van der Waals surface area contributed by atoms with E-state index >= 15 is 0 Å². The van der Waals surface area contributed by atoms with E-state index in [1.165, 1.54) is 5.56 Å². The van der Waals surface area contributed by atoms with Gasteiger partial charge in [-0.3, -0.25) is 0 Å². The van der Waals surface area contributed by atoms with Gasteiger partial charge >= 0.3 is 0 Å². The van der Waals surface area contributed by atoms with E-state index in [1.807, 2.05) is 10.9 Å². The molecule has 0 bridgehead atoms. The van der Waals surface area contributed by atoms with Gasteiger partial charge in [-0.1, -0.05) is 13.8 Å². The van der Waals surface area contributed by atoms with Crippen molar-refractivity contribution in [2.45, 2.75) is 39.2 Å². The van der Waals surface area contributed by atoms with Crippen molar-refractivity contribution >= 4 is 0 Å². The molecule has 13 heavy (non-hydrogen) atoms. The molecular formula is C10H16N2O. The lowest BCUT2D eigenvalue weighted by molar-refractivity contribution is 0.227. The zero-order valence-corrected chi connectivity index (χ0v) is 8.29. The maximum atomic E-state index is 5.62. The van der Waals surface area contributed by atoms with Crippen molar-refractivity contribution in [3.8, 4) is 5.88 Å². The maximum Gasteiger partial charge on any atom is 0.215 e. The molecule has 1 atom stereocenters. The van der Waals surface area contributed by atoms with Gasteiger partial charge in [0.1, 0.15) is 0 Å². The Balaban J connectivity index is 2.31. The highest BCUT2D eigenvalue weighted by Gasteiger charge is 2.18. The summed E-state index contributed by atoms with van der Waals surface area (Å²) in [6, 6.07) is 0. The van der Waals surface area contributed by atoms with E-state index in [-0.39, 0.29) is 0 Å². The quantitative estimate of drug-likeness (QED) is 0.697. The second-order valence-electron chi connectivity index (χ2n) is 3.64. The number of rotatable bonds is 2. The number of fused-ring (bicyclic) bond motifs is 1. The molecule has 0 saturated heterocycles. The second kappa shape index (κ2) is 3.40. The van der Waals surface area contributed by atoms with Crippen LogP contribution in [0.15, 0.2) is 6.20 Å². The Kier molecular flexibility index (Phi) is 2.25. The molecule has 0 saturated carbocycles. The topological polar surface area (TPSA) is 27.1 Å². The van der Waals surface area contributed by atoms with Gasteiger partial charge in [0.05, 0.1) is 12.8 Å². The molecule has 0 spiro atoms. The first-order valence-electron chi connectivity index (χ1n) is 5.01. The molecule has 72 valence electrons. The largest absolute Gasteiger partial charge is 0.478 e. The predicted octanol–water partition coefficient (Wildman–Crippen LogP) is 2.18. The fraction of sp³-hybridized carbons (Fsp3) is 0.700. The standard InChI is InChI=1S/C10H16N2O/c1-3-8(2)9-7-11-12-5-4-6-13-10(9)12/h7-8H,3-6H2,1-2H3. The van der Waals surface area contributed by atoms with Crippen molar-refractivity contribution in [1.82, 2.24) is 9.78 Å². The fourth-order valence-electron chi connectivity index (χ4n) is 1.65. The van der Waals surface area contributed by atoms with Gasteiger partial charge in [-0.15, -0.1) is 0 Å². The lowest BCUT2D eigenvalue weighted by Gasteiger charge is -2.17. The van der Waals surface area contributed by atoms with Gasteiger partial charge in [0, 0.05) is 18.5 Å². The summed E-state index contributed by atoms with van der Waals surface area (Å²) < 4.78 is 7.60. The minimum Gasteiger partial charge on any atom is -0.478 e. The number of hydrogen-bond acceptors (Lipinski definition) is 2. The predicted molar refractivity (Wildman–Crippen MR) is 51.0 cm³/mol. The van der Waals surface area contributed by atoms with E-state index < -0.39 is 0 Å². The summed E-state index contributed by atoms with van der Waals surface area (Å²) in [5.74, 6) is 1.56. The Morgan fingerprint density at radius 3 is 3.31 bits per heavy atom. The zero-order chi connectivity index (χ0) is 9.26. The van der Waals surface area contributed by atoms with Gasteiger partial charge in [-0.2, -0.15) is 5.10 Å². The molecule has 0 amide bonds. The molecule has 1 aliphatic rings. The van der Waals surface area contributed by atoms with Crippen LogP contribution < -0.4 is 4.74 Å². The Morgan fingerprint density at radius 2 is 2.54 bits per heavy atom. The first-order valence-corrected chi connectivity index (χ1v) is 5.01. The summed E-state index contributed by atoms with van der Waals surface area (Å²) in [5.41, 5.74) is 1.27. The molecule has 1 unspecified atom stereocenters. The van der Waals surface area contributed by atoms with Crippen molar-refractivity contribution in [2.24, 2.45) is 0 Å². The van der Waals surface area contributed by atoms with Crippen LogP contribution in [0.25, 0.3) is 0 Å². The van der Waals surface area contributed by atoms with Crippen LogP contribution in [0.1, 0.15) is 38.2 Å². The molecule has 2 rings (SSSR count). The van der Waals surface area contributed by atoms with Gasteiger partial charge in [0.15, 0.2) is 0 Å². The third kappa shape index (κ3) is 1.43. The van der Waals surface area contributed by atoms with Crippen LogP contribution in [-0.2, 0) is 6.54 Å². The average Bonchev–Trinajstić information content (AvgIpc) is 2.60.